The second-order valence-corrected chi connectivity index (χ2v) is 4.54. The van der Waals surface area contributed by atoms with E-state index in [1.807, 2.05) is 0 Å². The third-order valence-corrected chi connectivity index (χ3v) is 3.30. The molecular formula is C13H15FN4O. The lowest BCUT2D eigenvalue weighted by molar-refractivity contribution is 0.363. The predicted molar refractivity (Wildman–Crippen MR) is 69.5 cm³/mol. The van der Waals surface area contributed by atoms with E-state index in [0.717, 1.165) is 13.1 Å². The summed E-state index contributed by atoms with van der Waals surface area (Å²) in [5.74, 6) is 0.125. The molecule has 1 fully saturated rings. The Labute approximate surface area is 110 Å². The molecule has 0 aromatic carbocycles. The molecule has 1 aliphatic heterocycles. The van der Waals surface area contributed by atoms with Gasteiger partial charge in [-0.2, -0.15) is 0 Å². The highest BCUT2D eigenvalue weighted by Crippen LogP contribution is 2.20. The van der Waals surface area contributed by atoms with Gasteiger partial charge in [0.1, 0.15) is 11.3 Å². The standard InChI is InChI=1S/C13H15FN4O/c1-19-12-3-2-11-13(18-12)9(10(14)7-17-11)6-16-8-4-15-5-8/h2-3,7-8,15-16H,4-6H2,1H3. The molecule has 5 nitrogen and oxygen atoms in total. The maximum Gasteiger partial charge on any atom is 0.213 e. The van der Waals surface area contributed by atoms with Crippen LogP contribution in [0.2, 0.25) is 0 Å². The fourth-order valence-corrected chi connectivity index (χ4v) is 2.04. The van der Waals surface area contributed by atoms with Gasteiger partial charge in [-0.1, -0.05) is 0 Å². The molecule has 6 heteroatoms. The molecular weight excluding hydrogens is 247 g/mol. The highest BCUT2D eigenvalue weighted by atomic mass is 19.1. The molecule has 0 aliphatic carbocycles. The summed E-state index contributed by atoms with van der Waals surface area (Å²) in [5.41, 5.74) is 1.76. The van der Waals surface area contributed by atoms with Crippen LogP contribution in [0.15, 0.2) is 18.3 Å². The maximum absolute atomic E-state index is 13.9. The van der Waals surface area contributed by atoms with Crippen LogP contribution < -0.4 is 15.4 Å². The van der Waals surface area contributed by atoms with Crippen molar-refractivity contribution in [2.45, 2.75) is 12.6 Å². The fraction of sp³-hybridized carbons (Fsp3) is 0.385. The minimum Gasteiger partial charge on any atom is -0.481 e. The first-order valence-electron chi connectivity index (χ1n) is 6.20. The highest BCUT2D eigenvalue weighted by Gasteiger charge is 2.18. The van der Waals surface area contributed by atoms with Gasteiger partial charge in [0.15, 0.2) is 0 Å². The Morgan fingerprint density at radius 3 is 3.00 bits per heavy atom. The molecule has 3 heterocycles. The molecule has 2 N–H and O–H groups in total. The number of fused-ring (bicyclic) bond motifs is 1. The molecule has 100 valence electrons. The number of nitrogens with one attached hydrogen (secondary N) is 2. The molecule has 0 unspecified atom stereocenters. The van der Waals surface area contributed by atoms with Gasteiger partial charge in [0.05, 0.1) is 18.8 Å². The number of aromatic nitrogens is 2. The molecule has 0 atom stereocenters. The fourth-order valence-electron chi connectivity index (χ4n) is 2.04. The van der Waals surface area contributed by atoms with E-state index < -0.39 is 0 Å². The van der Waals surface area contributed by atoms with Crippen LogP contribution in [0.1, 0.15) is 5.56 Å². The molecule has 0 bridgehead atoms. The molecule has 2 aromatic rings. The molecule has 19 heavy (non-hydrogen) atoms. The van der Waals surface area contributed by atoms with Crippen LogP contribution in [-0.2, 0) is 6.54 Å². The van der Waals surface area contributed by atoms with Gasteiger partial charge in [-0.25, -0.2) is 9.37 Å². The first-order chi connectivity index (χ1) is 9.28. The van der Waals surface area contributed by atoms with Crippen molar-refractivity contribution in [3.8, 4) is 5.88 Å². The predicted octanol–water partition coefficient (Wildman–Crippen LogP) is 0.839. The van der Waals surface area contributed by atoms with Crippen LogP contribution in [0.25, 0.3) is 11.0 Å². The Hall–Kier alpha value is -1.79. The minimum absolute atomic E-state index is 0.340. The average molecular weight is 262 g/mol. The van der Waals surface area contributed by atoms with E-state index in [1.165, 1.54) is 6.20 Å². The van der Waals surface area contributed by atoms with Crippen molar-refractivity contribution in [1.82, 2.24) is 20.6 Å². The summed E-state index contributed by atoms with van der Waals surface area (Å²) >= 11 is 0. The van der Waals surface area contributed by atoms with Crippen molar-refractivity contribution in [2.75, 3.05) is 20.2 Å². The van der Waals surface area contributed by atoms with E-state index in [9.17, 15) is 4.39 Å². The smallest absolute Gasteiger partial charge is 0.213 e. The van der Waals surface area contributed by atoms with Crippen molar-refractivity contribution in [3.05, 3.63) is 29.7 Å². The Morgan fingerprint density at radius 2 is 2.32 bits per heavy atom. The third kappa shape index (κ3) is 2.36. The summed E-state index contributed by atoms with van der Waals surface area (Å²) in [4.78, 5) is 8.34. The van der Waals surface area contributed by atoms with Gasteiger partial charge < -0.3 is 15.4 Å². The SMILES string of the molecule is COc1ccc2ncc(F)c(CNC3CNC3)c2n1. The lowest BCUT2D eigenvalue weighted by Gasteiger charge is -2.28. The van der Waals surface area contributed by atoms with E-state index in [1.54, 1.807) is 19.2 Å². The first-order valence-corrected chi connectivity index (χ1v) is 6.20. The number of ether oxygens (including phenoxy) is 1. The zero-order valence-corrected chi connectivity index (χ0v) is 10.6. The maximum atomic E-state index is 13.9. The summed E-state index contributed by atoms with van der Waals surface area (Å²) in [7, 11) is 1.54. The molecule has 0 saturated carbocycles. The lowest BCUT2D eigenvalue weighted by atomic mass is 10.1. The van der Waals surface area contributed by atoms with E-state index in [2.05, 4.69) is 20.6 Å². The Balaban J connectivity index is 1.96. The molecule has 0 spiro atoms. The second-order valence-electron chi connectivity index (χ2n) is 4.54. The number of methoxy groups -OCH3 is 1. The molecule has 1 saturated heterocycles. The lowest BCUT2D eigenvalue weighted by Crippen LogP contribution is -2.55. The van der Waals surface area contributed by atoms with E-state index >= 15 is 0 Å². The molecule has 0 amide bonds. The number of hydrogen-bond donors (Lipinski definition) is 2. The zero-order valence-electron chi connectivity index (χ0n) is 10.6. The van der Waals surface area contributed by atoms with Gasteiger partial charge in [-0.15, -0.1) is 0 Å². The monoisotopic (exact) mass is 262 g/mol. The van der Waals surface area contributed by atoms with E-state index in [4.69, 9.17) is 4.74 Å². The van der Waals surface area contributed by atoms with Crippen LogP contribution in [-0.4, -0.2) is 36.2 Å². The molecule has 0 radical (unpaired) electrons. The van der Waals surface area contributed by atoms with Gasteiger partial charge in [-0.05, 0) is 6.07 Å². The van der Waals surface area contributed by atoms with Crippen molar-refractivity contribution in [2.24, 2.45) is 0 Å². The molecule has 3 rings (SSSR count). The van der Waals surface area contributed by atoms with Gasteiger partial charge in [-0.3, -0.25) is 4.98 Å². The quantitative estimate of drug-likeness (QED) is 0.855. The van der Waals surface area contributed by atoms with Crippen molar-refractivity contribution >= 4 is 11.0 Å². The number of halogens is 1. The summed E-state index contributed by atoms with van der Waals surface area (Å²) in [6.45, 7) is 2.28. The first kappa shape index (κ1) is 12.3. The number of pyridine rings is 2. The number of hydrogen-bond acceptors (Lipinski definition) is 5. The van der Waals surface area contributed by atoms with Gasteiger partial charge in [0.2, 0.25) is 5.88 Å². The second kappa shape index (κ2) is 5.07. The minimum atomic E-state index is -0.340. The highest BCUT2D eigenvalue weighted by molar-refractivity contribution is 5.78. The van der Waals surface area contributed by atoms with E-state index in [0.29, 0.717) is 35.1 Å². The van der Waals surface area contributed by atoms with E-state index in [-0.39, 0.29) is 5.82 Å². The Kier molecular flexibility index (Phi) is 3.27. The van der Waals surface area contributed by atoms with Crippen LogP contribution in [0, 0.1) is 5.82 Å². The van der Waals surface area contributed by atoms with Gasteiger partial charge >= 0.3 is 0 Å². The van der Waals surface area contributed by atoms with Gasteiger partial charge in [0, 0.05) is 37.3 Å². The van der Waals surface area contributed by atoms with Crippen LogP contribution >= 0.6 is 0 Å². The van der Waals surface area contributed by atoms with Crippen molar-refractivity contribution in [1.29, 1.82) is 0 Å². The normalized spacial score (nSPS) is 15.5. The van der Waals surface area contributed by atoms with Crippen molar-refractivity contribution < 1.29 is 9.13 Å². The Morgan fingerprint density at radius 1 is 1.47 bits per heavy atom. The number of rotatable bonds is 4. The molecule has 1 aliphatic rings. The average Bonchev–Trinajstić information content (AvgIpc) is 2.38. The summed E-state index contributed by atoms with van der Waals surface area (Å²) in [6, 6.07) is 3.91. The topological polar surface area (TPSA) is 59.1 Å². The molecule has 2 aromatic heterocycles. The number of nitrogens with zero attached hydrogens (tertiary/aromatic N) is 2. The summed E-state index contributed by atoms with van der Waals surface area (Å²) < 4.78 is 19.0. The summed E-state index contributed by atoms with van der Waals surface area (Å²) in [6.07, 6.45) is 1.24. The van der Waals surface area contributed by atoms with Gasteiger partial charge in [0.25, 0.3) is 0 Å². The zero-order chi connectivity index (χ0) is 13.2. The van der Waals surface area contributed by atoms with Crippen LogP contribution in [0.4, 0.5) is 4.39 Å². The largest absolute Gasteiger partial charge is 0.481 e. The summed E-state index contributed by atoms with van der Waals surface area (Å²) in [5, 5.41) is 6.46. The van der Waals surface area contributed by atoms with Crippen LogP contribution in [0.3, 0.4) is 0 Å². The van der Waals surface area contributed by atoms with Crippen LogP contribution in [0.5, 0.6) is 5.88 Å². The van der Waals surface area contributed by atoms with Crippen molar-refractivity contribution in [3.63, 3.8) is 0 Å². The third-order valence-electron chi connectivity index (χ3n) is 3.30. The Bertz CT molecular complexity index is 600.